The molecule has 0 saturated heterocycles. The molecule has 0 aliphatic rings. The first-order valence-corrected chi connectivity index (χ1v) is 6.28. The molecule has 0 unspecified atom stereocenters. The molecule has 0 fully saturated rings. The third-order valence-corrected chi connectivity index (χ3v) is 3.68. The predicted octanol–water partition coefficient (Wildman–Crippen LogP) is 3.10. The predicted molar refractivity (Wildman–Crippen MR) is 69.2 cm³/mol. The van der Waals surface area contributed by atoms with E-state index >= 15 is 0 Å². The molecule has 1 aromatic heterocycles. The Kier molecular flexibility index (Phi) is 4.12. The Morgan fingerprint density at radius 1 is 1.35 bits per heavy atom. The van der Waals surface area contributed by atoms with Crippen LogP contribution in [0.3, 0.4) is 0 Å². The van der Waals surface area contributed by atoms with Crippen molar-refractivity contribution in [3.05, 3.63) is 39.9 Å². The summed E-state index contributed by atoms with van der Waals surface area (Å²) in [7, 11) is 1.61. The molecule has 1 N–H and O–H groups in total. The Hall–Kier alpha value is -0.940. The number of hydrogen-bond donors (Lipinski definition) is 1. The molecule has 1 aromatic carbocycles. The molecule has 0 radical (unpaired) electrons. The molecule has 2 rings (SSSR count). The third kappa shape index (κ3) is 2.84. The maximum atomic E-state index is 9.24. The van der Waals surface area contributed by atoms with Crippen molar-refractivity contribution in [1.29, 1.82) is 0 Å². The number of aliphatic hydroxyl groups excluding tert-OH is 1. The molecule has 0 amide bonds. The maximum Gasteiger partial charge on any atom is 0.124 e. The fourth-order valence-electron chi connectivity index (χ4n) is 1.47. The van der Waals surface area contributed by atoms with Crippen molar-refractivity contribution in [2.75, 3.05) is 7.11 Å². The molecule has 3 nitrogen and oxygen atoms in total. The van der Waals surface area contributed by atoms with E-state index in [0.717, 1.165) is 21.1 Å². The van der Waals surface area contributed by atoms with Gasteiger partial charge in [-0.05, 0) is 12.1 Å². The Morgan fingerprint density at radius 3 is 2.65 bits per heavy atom. The van der Waals surface area contributed by atoms with E-state index in [9.17, 15) is 5.11 Å². The van der Waals surface area contributed by atoms with Crippen LogP contribution in [0.2, 0.25) is 5.02 Å². The number of nitrogens with zero attached hydrogens (tertiary/aromatic N) is 1. The van der Waals surface area contributed by atoms with Gasteiger partial charge < -0.3 is 9.84 Å². The quantitative estimate of drug-likeness (QED) is 0.927. The van der Waals surface area contributed by atoms with Crippen molar-refractivity contribution in [2.24, 2.45) is 0 Å². The van der Waals surface area contributed by atoms with Crippen molar-refractivity contribution >= 4 is 22.9 Å². The fraction of sp³-hybridized carbons (Fsp3) is 0.250. The number of benzene rings is 1. The highest BCUT2D eigenvalue weighted by atomic mass is 35.5. The first-order chi connectivity index (χ1) is 8.24. The summed E-state index contributed by atoms with van der Waals surface area (Å²) < 4.78 is 5.05. The minimum atomic E-state index is -0.00997. The van der Waals surface area contributed by atoms with Crippen LogP contribution in [0.15, 0.2) is 24.3 Å². The topological polar surface area (TPSA) is 42.4 Å². The first-order valence-electron chi connectivity index (χ1n) is 5.09. The molecule has 0 aliphatic carbocycles. The molecule has 5 heteroatoms. The summed E-state index contributed by atoms with van der Waals surface area (Å²) in [6, 6.07) is 7.48. The number of ether oxygens (including phenoxy) is 1. The monoisotopic (exact) mass is 269 g/mol. The molecule has 0 saturated carbocycles. The van der Waals surface area contributed by atoms with Gasteiger partial charge in [-0.1, -0.05) is 23.7 Å². The molecular weight excluding hydrogens is 258 g/mol. The molecule has 17 heavy (non-hydrogen) atoms. The van der Waals surface area contributed by atoms with Gasteiger partial charge in [0.25, 0.3) is 0 Å². The lowest BCUT2D eigenvalue weighted by Gasteiger charge is -1.96. The number of halogens is 1. The van der Waals surface area contributed by atoms with E-state index in [1.165, 1.54) is 11.3 Å². The second-order valence-electron chi connectivity index (χ2n) is 3.49. The van der Waals surface area contributed by atoms with Crippen molar-refractivity contribution in [3.8, 4) is 10.6 Å². The first kappa shape index (κ1) is 12.5. The summed E-state index contributed by atoms with van der Waals surface area (Å²) in [6.45, 7) is 0.407. The van der Waals surface area contributed by atoms with Gasteiger partial charge in [-0.25, -0.2) is 4.98 Å². The van der Waals surface area contributed by atoms with Gasteiger partial charge in [0.15, 0.2) is 0 Å². The summed E-state index contributed by atoms with van der Waals surface area (Å²) in [5.41, 5.74) is 1.79. The highest BCUT2D eigenvalue weighted by Gasteiger charge is 2.11. The second-order valence-corrected chi connectivity index (χ2v) is 5.01. The van der Waals surface area contributed by atoms with Crippen molar-refractivity contribution in [3.63, 3.8) is 0 Å². The van der Waals surface area contributed by atoms with Crippen LogP contribution in [-0.4, -0.2) is 17.2 Å². The third-order valence-electron chi connectivity index (χ3n) is 2.29. The minimum Gasteiger partial charge on any atom is -0.391 e. The zero-order chi connectivity index (χ0) is 12.3. The van der Waals surface area contributed by atoms with Gasteiger partial charge in [0, 0.05) is 17.7 Å². The van der Waals surface area contributed by atoms with E-state index in [1.54, 1.807) is 7.11 Å². The lowest BCUT2D eigenvalue weighted by molar-refractivity contribution is 0.179. The van der Waals surface area contributed by atoms with E-state index in [4.69, 9.17) is 16.3 Å². The Bertz CT molecular complexity index is 496. The largest absolute Gasteiger partial charge is 0.391 e. The summed E-state index contributed by atoms with van der Waals surface area (Å²) >= 11 is 7.31. The van der Waals surface area contributed by atoms with Gasteiger partial charge in [-0.15, -0.1) is 11.3 Å². The van der Waals surface area contributed by atoms with Gasteiger partial charge in [0.05, 0.1) is 23.8 Å². The van der Waals surface area contributed by atoms with E-state index < -0.39 is 0 Å². The number of rotatable bonds is 4. The SMILES string of the molecule is COCc1nc(-c2ccc(Cl)cc2)sc1CO. The van der Waals surface area contributed by atoms with E-state index in [0.29, 0.717) is 11.6 Å². The van der Waals surface area contributed by atoms with Crippen molar-refractivity contribution < 1.29 is 9.84 Å². The van der Waals surface area contributed by atoms with Crippen LogP contribution in [0, 0.1) is 0 Å². The van der Waals surface area contributed by atoms with Crippen LogP contribution in [0.4, 0.5) is 0 Å². The minimum absolute atomic E-state index is 0.00997. The van der Waals surface area contributed by atoms with Crippen molar-refractivity contribution in [2.45, 2.75) is 13.2 Å². The molecule has 0 spiro atoms. The van der Waals surface area contributed by atoms with Crippen LogP contribution in [-0.2, 0) is 18.0 Å². The van der Waals surface area contributed by atoms with Gasteiger partial charge in [-0.2, -0.15) is 0 Å². The highest BCUT2D eigenvalue weighted by Crippen LogP contribution is 2.29. The Morgan fingerprint density at radius 2 is 2.06 bits per heavy atom. The Balaban J connectivity index is 2.35. The zero-order valence-electron chi connectivity index (χ0n) is 9.31. The van der Waals surface area contributed by atoms with Gasteiger partial charge in [-0.3, -0.25) is 0 Å². The van der Waals surface area contributed by atoms with Crippen LogP contribution >= 0.6 is 22.9 Å². The van der Waals surface area contributed by atoms with Gasteiger partial charge in [0.1, 0.15) is 5.01 Å². The summed E-state index contributed by atoms with van der Waals surface area (Å²) in [4.78, 5) is 5.31. The van der Waals surface area contributed by atoms with E-state index in [-0.39, 0.29) is 6.61 Å². The number of hydrogen-bond acceptors (Lipinski definition) is 4. The molecule has 0 aliphatic heterocycles. The molecule has 0 atom stereocenters. The zero-order valence-corrected chi connectivity index (χ0v) is 10.9. The van der Waals surface area contributed by atoms with Crippen LogP contribution < -0.4 is 0 Å². The number of aliphatic hydroxyl groups is 1. The molecule has 2 aromatic rings. The smallest absolute Gasteiger partial charge is 0.124 e. The molecule has 0 bridgehead atoms. The second kappa shape index (κ2) is 5.60. The Labute approximate surface area is 109 Å². The average molecular weight is 270 g/mol. The maximum absolute atomic E-state index is 9.24. The number of aromatic nitrogens is 1. The van der Waals surface area contributed by atoms with Crippen LogP contribution in [0.25, 0.3) is 10.6 Å². The summed E-state index contributed by atoms with van der Waals surface area (Å²) in [5, 5.41) is 10.8. The van der Waals surface area contributed by atoms with Crippen LogP contribution in [0.5, 0.6) is 0 Å². The lowest BCUT2D eigenvalue weighted by atomic mass is 10.2. The van der Waals surface area contributed by atoms with Gasteiger partial charge >= 0.3 is 0 Å². The molecular formula is C12H12ClNO2S. The molecule has 1 heterocycles. The van der Waals surface area contributed by atoms with E-state index in [1.807, 2.05) is 24.3 Å². The van der Waals surface area contributed by atoms with E-state index in [2.05, 4.69) is 4.98 Å². The number of thiazole rings is 1. The standard InChI is InChI=1S/C12H12ClNO2S/c1-16-7-10-11(6-15)17-12(14-10)8-2-4-9(13)5-3-8/h2-5,15H,6-7H2,1H3. The highest BCUT2D eigenvalue weighted by molar-refractivity contribution is 7.15. The normalized spacial score (nSPS) is 10.8. The molecule has 90 valence electrons. The average Bonchev–Trinajstić information content (AvgIpc) is 2.74. The lowest BCUT2D eigenvalue weighted by Crippen LogP contribution is -1.92. The fourth-order valence-corrected chi connectivity index (χ4v) is 2.53. The summed E-state index contributed by atoms with van der Waals surface area (Å²) in [6.07, 6.45) is 0. The summed E-state index contributed by atoms with van der Waals surface area (Å²) in [5.74, 6) is 0. The van der Waals surface area contributed by atoms with Crippen LogP contribution in [0.1, 0.15) is 10.6 Å². The van der Waals surface area contributed by atoms with Crippen molar-refractivity contribution in [1.82, 2.24) is 4.98 Å². The van der Waals surface area contributed by atoms with Gasteiger partial charge in [0.2, 0.25) is 0 Å². The number of methoxy groups -OCH3 is 1.